The van der Waals surface area contributed by atoms with Gasteiger partial charge in [-0.25, -0.2) is 9.97 Å². The van der Waals surface area contributed by atoms with Gasteiger partial charge < -0.3 is 10.2 Å². The number of hydrogen-bond acceptors (Lipinski definition) is 4. The number of aryl methyl sites for hydroxylation is 1. The second-order valence-electron chi connectivity index (χ2n) is 6.31. The average Bonchev–Trinajstić information content (AvgIpc) is 3.09. The highest BCUT2D eigenvalue weighted by Gasteiger charge is 2.19. The SMILES string of the molecule is CCN(c1cccc(C)c1)c1ncc(C(=O)NC2CCCC2)cn1. The smallest absolute Gasteiger partial charge is 0.254 e. The van der Waals surface area contributed by atoms with Gasteiger partial charge in [0.1, 0.15) is 0 Å². The summed E-state index contributed by atoms with van der Waals surface area (Å²) in [4.78, 5) is 23.1. The minimum absolute atomic E-state index is 0.0768. The normalized spacial score (nSPS) is 14.6. The van der Waals surface area contributed by atoms with Crippen LogP contribution >= 0.6 is 0 Å². The lowest BCUT2D eigenvalue weighted by Gasteiger charge is -2.21. The van der Waals surface area contributed by atoms with Crippen LogP contribution in [0.1, 0.15) is 48.5 Å². The van der Waals surface area contributed by atoms with Crippen molar-refractivity contribution in [1.82, 2.24) is 15.3 Å². The Kier molecular flexibility index (Phi) is 5.08. The molecule has 1 fully saturated rings. The zero-order valence-corrected chi connectivity index (χ0v) is 14.3. The number of carbonyl (C=O) groups excluding carboxylic acids is 1. The van der Waals surface area contributed by atoms with Crippen molar-refractivity contribution in [1.29, 1.82) is 0 Å². The van der Waals surface area contributed by atoms with E-state index in [4.69, 9.17) is 0 Å². The number of rotatable bonds is 5. The van der Waals surface area contributed by atoms with E-state index in [1.165, 1.54) is 18.4 Å². The summed E-state index contributed by atoms with van der Waals surface area (Å²) >= 11 is 0. The topological polar surface area (TPSA) is 58.1 Å². The molecule has 0 bridgehead atoms. The number of hydrogen-bond donors (Lipinski definition) is 1. The van der Waals surface area contributed by atoms with E-state index in [2.05, 4.69) is 41.3 Å². The fraction of sp³-hybridized carbons (Fsp3) is 0.421. The molecule has 0 saturated heterocycles. The molecule has 1 amide bonds. The van der Waals surface area contributed by atoms with Crippen LogP contribution in [0, 0.1) is 6.92 Å². The minimum Gasteiger partial charge on any atom is -0.349 e. The monoisotopic (exact) mass is 324 g/mol. The van der Waals surface area contributed by atoms with Gasteiger partial charge >= 0.3 is 0 Å². The molecule has 3 rings (SSSR count). The van der Waals surface area contributed by atoms with E-state index in [1.54, 1.807) is 12.4 Å². The van der Waals surface area contributed by atoms with Crippen molar-refractivity contribution in [3.05, 3.63) is 47.8 Å². The van der Waals surface area contributed by atoms with Crippen LogP contribution in [0.2, 0.25) is 0 Å². The molecule has 2 aromatic rings. The van der Waals surface area contributed by atoms with Gasteiger partial charge in [0.15, 0.2) is 0 Å². The van der Waals surface area contributed by atoms with E-state index in [0.717, 1.165) is 25.1 Å². The number of amides is 1. The highest BCUT2D eigenvalue weighted by molar-refractivity contribution is 5.93. The van der Waals surface area contributed by atoms with Gasteiger partial charge in [-0.05, 0) is 44.4 Å². The summed E-state index contributed by atoms with van der Waals surface area (Å²) < 4.78 is 0. The fourth-order valence-corrected chi connectivity index (χ4v) is 3.15. The van der Waals surface area contributed by atoms with Crippen molar-refractivity contribution in [2.75, 3.05) is 11.4 Å². The third-order valence-corrected chi connectivity index (χ3v) is 4.46. The quantitative estimate of drug-likeness (QED) is 0.912. The third-order valence-electron chi connectivity index (χ3n) is 4.46. The van der Waals surface area contributed by atoms with Crippen LogP contribution in [-0.4, -0.2) is 28.5 Å². The Hall–Kier alpha value is -2.43. The molecular weight excluding hydrogens is 300 g/mol. The number of nitrogens with zero attached hydrogens (tertiary/aromatic N) is 3. The van der Waals surface area contributed by atoms with Crippen molar-refractivity contribution >= 4 is 17.5 Å². The Morgan fingerprint density at radius 1 is 1.25 bits per heavy atom. The van der Waals surface area contributed by atoms with Crippen LogP contribution in [0.25, 0.3) is 0 Å². The van der Waals surface area contributed by atoms with Crippen LogP contribution in [0.5, 0.6) is 0 Å². The second-order valence-corrected chi connectivity index (χ2v) is 6.31. The maximum Gasteiger partial charge on any atom is 0.254 e. The molecule has 0 spiro atoms. The lowest BCUT2D eigenvalue weighted by molar-refractivity contribution is 0.0937. The highest BCUT2D eigenvalue weighted by Crippen LogP contribution is 2.22. The molecule has 1 aliphatic carbocycles. The standard InChI is InChI=1S/C19H24N4O/c1-3-23(17-10-6-7-14(2)11-17)19-20-12-15(13-21-19)18(24)22-16-8-4-5-9-16/h6-7,10-13,16H,3-5,8-9H2,1-2H3,(H,22,24). The van der Waals surface area contributed by atoms with Gasteiger partial charge in [0.05, 0.1) is 5.56 Å². The maximum atomic E-state index is 12.3. The first-order valence-electron chi connectivity index (χ1n) is 8.64. The number of carbonyl (C=O) groups is 1. The molecule has 0 aliphatic heterocycles. The Balaban J connectivity index is 1.73. The number of benzene rings is 1. The molecule has 5 nitrogen and oxygen atoms in total. The van der Waals surface area contributed by atoms with E-state index < -0.39 is 0 Å². The summed E-state index contributed by atoms with van der Waals surface area (Å²) in [5.41, 5.74) is 2.77. The Bertz CT molecular complexity index is 693. The van der Waals surface area contributed by atoms with Crippen molar-refractivity contribution in [2.45, 2.75) is 45.6 Å². The van der Waals surface area contributed by atoms with Gasteiger partial charge in [-0.15, -0.1) is 0 Å². The molecule has 126 valence electrons. The molecule has 5 heteroatoms. The van der Waals surface area contributed by atoms with Crippen LogP contribution in [-0.2, 0) is 0 Å². The van der Waals surface area contributed by atoms with Gasteiger partial charge in [0.2, 0.25) is 5.95 Å². The third kappa shape index (κ3) is 3.72. The summed E-state index contributed by atoms with van der Waals surface area (Å²) in [6.07, 6.45) is 7.77. The van der Waals surface area contributed by atoms with Gasteiger partial charge in [0.25, 0.3) is 5.91 Å². The van der Waals surface area contributed by atoms with Gasteiger partial charge in [-0.3, -0.25) is 4.79 Å². The Labute approximate surface area is 143 Å². The van der Waals surface area contributed by atoms with E-state index in [0.29, 0.717) is 17.6 Å². The summed E-state index contributed by atoms with van der Waals surface area (Å²) in [5, 5.41) is 3.06. The van der Waals surface area contributed by atoms with Crippen molar-refractivity contribution in [3.63, 3.8) is 0 Å². The van der Waals surface area contributed by atoms with E-state index >= 15 is 0 Å². The van der Waals surface area contributed by atoms with Crippen molar-refractivity contribution in [2.24, 2.45) is 0 Å². The minimum atomic E-state index is -0.0768. The summed E-state index contributed by atoms with van der Waals surface area (Å²) in [6, 6.07) is 8.54. The molecule has 0 radical (unpaired) electrons. The van der Waals surface area contributed by atoms with E-state index in [9.17, 15) is 4.79 Å². The summed E-state index contributed by atoms with van der Waals surface area (Å²) in [6.45, 7) is 4.89. The zero-order chi connectivity index (χ0) is 16.9. The van der Waals surface area contributed by atoms with E-state index in [1.807, 2.05) is 17.0 Å². The number of aromatic nitrogens is 2. The van der Waals surface area contributed by atoms with Gasteiger partial charge in [0, 0.05) is 30.7 Å². The van der Waals surface area contributed by atoms with Gasteiger partial charge in [-0.2, -0.15) is 0 Å². The van der Waals surface area contributed by atoms with Crippen LogP contribution in [0.15, 0.2) is 36.7 Å². The van der Waals surface area contributed by atoms with Crippen molar-refractivity contribution in [3.8, 4) is 0 Å². The molecule has 0 atom stereocenters. The highest BCUT2D eigenvalue weighted by atomic mass is 16.1. The van der Waals surface area contributed by atoms with Crippen LogP contribution < -0.4 is 10.2 Å². The summed E-state index contributed by atoms with van der Waals surface area (Å²) in [5.74, 6) is 0.535. The Morgan fingerprint density at radius 3 is 2.58 bits per heavy atom. The lowest BCUT2D eigenvalue weighted by atomic mass is 10.2. The predicted octanol–water partition coefficient (Wildman–Crippen LogP) is 3.62. The molecule has 0 unspecified atom stereocenters. The lowest BCUT2D eigenvalue weighted by Crippen LogP contribution is -2.32. The van der Waals surface area contributed by atoms with Crippen LogP contribution in [0.4, 0.5) is 11.6 Å². The molecule has 1 N–H and O–H groups in total. The molecule has 1 aromatic heterocycles. The largest absolute Gasteiger partial charge is 0.349 e. The molecule has 1 saturated carbocycles. The summed E-state index contributed by atoms with van der Waals surface area (Å²) in [7, 11) is 0. The number of nitrogens with one attached hydrogen (secondary N) is 1. The average molecular weight is 324 g/mol. The maximum absolute atomic E-state index is 12.3. The molecule has 1 heterocycles. The fourth-order valence-electron chi connectivity index (χ4n) is 3.15. The first-order chi connectivity index (χ1) is 11.7. The Morgan fingerprint density at radius 2 is 1.96 bits per heavy atom. The van der Waals surface area contributed by atoms with Crippen molar-refractivity contribution < 1.29 is 4.79 Å². The molecule has 1 aromatic carbocycles. The first kappa shape index (κ1) is 16.4. The zero-order valence-electron chi connectivity index (χ0n) is 14.3. The predicted molar refractivity (Wildman–Crippen MR) is 95.6 cm³/mol. The number of anilines is 2. The molecular formula is C19H24N4O. The second kappa shape index (κ2) is 7.43. The van der Waals surface area contributed by atoms with Gasteiger partial charge in [-0.1, -0.05) is 25.0 Å². The molecule has 24 heavy (non-hydrogen) atoms. The van der Waals surface area contributed by atoms with E-state index in [-0.39, 0.29) is 5.91 Å². The molecule has 1 aliphatic rings. The van der Waals surface area contributed by atoms with Crippen LogP contribution in [0.3, 0.4) is 0 Å². The first-order valence-corrected chi connectivity index (χ1v) is 8.64.